The first kappa shape index (κ1) is 14.6. The fraction of sp³-hybridized carbons (Fsp3) is 0.333. The summed E-state index contributed by atoms with van der Waals surface area (Å²) in [5.41, 5.74) is 0.400. The van der Waals surface area contributed by atoms with Gasteiger partial charge in [0.2, 0.25) is 0 Å². The Morgan fingerprint density at radius 2 is 2.26 bits per heavy atom. The van der Waals surface area contributed by atoms with Crippen molar-refractivity contribution in [2.45, 2.75) is 25.8 Å². The molecule has 1 N–H and O–H groups in total. The summed E-state index contributed by atoms with van der Waals surface area (Å²) in [6, 6.07) is 8.50. The maximum Gasteiger partial charge on any atom is 0.258 e. The molecule has 0 radical (unpaired) electrons. The predicted molar refractivity (Wildman–Crippen MR) is 72.3 cm³/mol. The normalized spacial score (nSPS) is 10.9. The Hall–Kier alpha value is -2.46. The van der Waals surface area contributed by atoms with Gasteiger partial charge in [-0.05, 0) is 18.6 Å². The Bertz CT molecular complexity index is 512. The number of terminal acetylenes is 1. The number of nitriles is 1. The third kappa shape index (κ3) is 4.73. The molecule has 0 aliphatic rings. The van der Waals surface area contributed by atoms with E-state index in [0.717, 1.165) is 12.8 Å². The zero-order chi connectivity index (χ0) is 14.1. The Labute approximate surface area is 113 Å². The minimum absolute atomic E-state index is 0.152. The van der Waals surface area contributed by atoms with Crippen molar-refractivity contribution in [3.05, 3.63) is 29.8 Å². The fourth-order valence-electron chi connectivity index (χ4n) is 1.55. The van der Waals surface area contributed by atoms with Gasteiger partial charge in [0.15, 0.2) is 6.61 Å². The summed E-state index contributed by atoms with van der Waals surface area (Å²) < 4.78 is 5.31. The minimum Gasteiger partial charge on any atom is -0.482 e. The summed E-state index contributed by atoms with van der Waals surface area (Å²) in [7, 11) is 0. The smallest absolute Gasteiger partial charge is 0.258 e. The van der Waals surface area contributed by atoms with Crippen LogP contribution in [0.3, 0.4) is 0 Å². The molecule has 98 valence electrons. The maximum absolute atomic E-state index is 11.6. The SMILES string of the molecule is C#CC(CCC)NC(=O)COc1ccccc1C#N. The van der Waals surface area contributed by atoms with Crippen molar-refractivity contribution in [2.24, 2.45) is 0 Å². The summed E-state index contributed by atoms with van der Waals surface area (Å²) in [6.45, 7) is 1.84. The predicted octanol–water partition coefficient (Wildman–Crippen LogP) is 1.86. The van der Waals surface area contributed by atoms with E-state index in [-0.39, 0.29) is 18.6 Å². The lowest BCUT2D eigenvalue weighted by Crippen LogP contribution is -2.37. The summed E-state index contributed by atoms with van der Waals surface area (Å²) in [4.78, 5) is 11.6. The molecular formula is C15H16N2O2. The highest BCUT2D eigenvalue weighted by atomic mass is 16.5. The van der Waals surface area contributed by atoms with Crippen LogP contribution in [0.15, 0.2) is 24.3 Å². The molecule has 4 nitrogen and oxygen atoms in total. The van der Waals surface area contributed by atoms with Crippen LogP contribution in [0.5, 0.6) is 5.75 Å². The average molecular weight is 256 g/mol. The van der Waals surface area contributed by atoms with Crippen LogP contribution in [0.4, 0.5) is 0 Å². The van der Waals surface area contributed by atoms with E-state index >= 15 is 0 Å². The number of hydrogen-bond acceptors (Lipinski definition) is 3. The maximum atomic E-state index is 11.6. The number of hydrogen-bond donors (Lipinski definition) is 1. The summed E-state index contributed by atoms with van der Waals surface area (Å²) in [5.74, 6) is 2.62. The molecule has 0 bridgehead atoms. The van der Waals surface area contributed by atoms with Gasteiger partial charge < -0.3 is 10.1 Å². The molecule has 1 aromatic carbocycles. The molecule has 19 heavy (non-hydrogen) atoms. The highest BCUT2D eigenvalue weighted by molar-refractivity contribution is 5.78. The summed E-state index contributed by atoms with van der Waals surface area (Å²) >= 11 is 0. The molecule has 0 aromatic heterocycles. The molecule has 4 heteroatoms. The van der Waals surface area contributed by atoms with E-state index in [4.69, 9.17) is 16.4 Å². The van der Waals surface area contributed by atoms with E-state index in [0.29, 0.717) is 11.3 Å². The van der Waals surface area contributed by atoms with E-state index in [2.05, 4.69) is 11.2 Å². The van der Waals surface area contributed by atoms with E-state index < -0.39 is 0 Å². The Morgan fingerprint density at radius 1 is 1.53 bits per heavy atom. The lowest BCUT2D eigenvalue weighted by molar-refractivity contribution is -0.123. The van der Waals surface area contributed by atoms with Gasteiger partial charge in [-0.3, -0.25) is 4.79 Å². The number of carbonyl (C=O) groups is 1. The number of nitrogens with zero attached hydrogens (tertiary/aromatic N) is 1. The van der Waals surface area contributed by atoms with Crippen LogP contribution < -0.4 is 10.1 Å². The van der Waals surface area contributed by atoms with Gasteiger partial charge in [0, 0.05) is 0 Å². The summed E-state index contributed by atoms with van der Waals surface area (Å²) in [5, 5.41) is 11.6. The van der Waals surface area contributed by atoms with Gasteiger partial charge in [-0.1, -0.05) is 31.4 Å². The zero-order valence-electron chi connectivity index (χ0n) is 10.8. The van der Waals surface area contributed by atoms with Crippen LogP contribution in [0, 0.1) is 23.7 Å². The lowest BCUT2D eigenvalue weighted by atomic mass is 10.2. The van der Waals surface area contributed by atoms with Crippen LogP contribution in [-0.2, 0) is 4.79 Å². The standard InChI is InChI=1S/C15H16N2O2/c1-3-7-13(4-2)17-15(18)11-19-14-9-6-5-8-12(14)10-16/h2,5-6,8-9,13H,3,7,11H2,1H3,(H,17,18). The van der Waals surface area contributed by atoms with Gasteiger partial charge in [-0.2, -0.15) is 5.26 Å². The second kappa shape index (κ2) is 7.79. The lowest BCUT2D eigenvalue weighted by Gasteiger charge is -2.12. The molecule has 1 atom stereocenters. The molecule has 1 aromatic rings. The van der Waals surface area contributed by atoms with E-state index in [9.17, 15) is 4.79 Å². The number of ether oxygens (including phenoxy) is 1. The van der Waals surface area contributed by atoms with Gasteiger partial charge in [-0.25, -0.2) is 0 Å². The molecule has 1 unspecified atom stereocenters. The molecule has 0 aliphatic heterocycles. The molecule has 1 amide bonds. The number of benzene rings is 1. The molecule has 0 saturated carbocycles. The van der Waals surface area contributed by atoms with Crippen LogP contribution in [-0.4, -0.2) is 18.6 Å². The first-order chi connectivity index (χ1) is 9.21. The summed E-state index contributed by atoms with van der Waals surface area (Å²) in [6.07, 6.45) is 6.94. The highest BCUT2D eigenvalue weighted by Gasteiger charge is 2.10. The highest BCUT2D eigenvalue weighted by Crippen LogP contribution is 2.16. The molecule has 0 saturated heterocycles. The van der Waals surface area contributed by atoms with Crippen molar-refractivity contribution >= 4 is 5.91 Å². The van der Waals surface area contributed by atoms with Gasteiger partial charge in [0.25, 0.3) is 5.91 Å². The minimum atomic E-state index is -0.288. The third-order valence-corrected chi connectivity index (χ3v) is 2.48. The van der Waals surface area contributed by atoms with E-state index in [1.807, 2.05) is 13.0 Å². The van der Waals surface area contributed by atoms with Crippen molar-refractivity contribution in [3.63, 3.8) is 0 Å². The number of rotatable bonds is 6. The number of carbonyl (C=O) groups excluding carboxylic acids is 1. The molecule has 0 spiro atoms. The Balaban J connectivity index is 2.51. The molecule has 0 aliphatic carbocycles. The topological polar surface area (TPSA) is 62.1 Å². The zero-order valence-corrected chi connectivity index (χ0v) is 10.8. The van der Waals surface area contributed by atoms with Crippen LogP contribution in [0.1, 0.15) is 25.3 Å². The van der Waals surface area contributed by atoms with Crippen molar-refractivity contribution in [1.29, 1.82) is 5.26 Å². The molecule has 1 rings (SSSR count). The van der Waals surface area contributed by atoms with Crippen molar-refractivity contribution in [3.8, 4) is 24.2 Å². The van der Waals surface area contributed by atoms with Crippen LogP contribution in [0.2, 0.25) is 0 Å². The van der Waals surface area contributed by atoms with Crippen molar-refractivity contribution < 1.29 is 9.53 Å². The Morgan fingerprint density at radius 3 is 2.89 bits per heavy atom. The van der Waals surface area contributed by atoms with Gasteiger partial charge >= 0.3 is 0 Å². The molecular weight excluding hydrogens is 240 g/mol. The first-order valence-electron chi connectivity index (χ1n) is 6.08. The largest absolute Gasteiger partial charge is 0.482 e. The second-order valence-electron chi connectivity index (χ2n) is 3.97. The second-order valence-corrected chi connectivity index (χ2v) is 3.97. The molecule has 0 heterocycles. The quantitative estimate of drug-likeness (QED) is 0.790. The monoisotopic (exact) mass is 256 g/mol. The van der Waals surface area contributed by atoms with Crippen LogP contribution in [0.25, 0.3) is 0 Å². The number of nitrogens with one attached hydrogen (secondary N) is 1. The number of amides is 1. The third-order valence-electron chi connectivity index (χ3n) is 2.48. The Kier molecular flexibility index (Phi) is 5.98. The van der Waals surface area contributed by atoms with Crippen molar-refractivity contribution in [1.82, 2.24) is 5.32 Å². The van der Waals surface area contributed by atoms with Gasteiger partial charge in [-0.15, -0.1) is 6.42 Å². The van der Waals surface area contributed by atoms with Crippen molar-refractivity contribution in [2.75, 3.05) is 6.61 Å². The van der Waals surface area contributed by atoms with E-state index in [1.54, 1.807) is 24.3 Å². The van der Waals surface area contributed by atoms with E-state index in [1.165, 1.54) is 0 Å². The van der Waals surface area contributed by atoms with Gasteiger partial charge in [0.1, 0.15) is 11.8 Å². The fourth-order valence-corrected chi connectivity index (χ4v) is 1.55. The average Bonchev–Trinajstić information content (AvgIpc) is 2.44. The number of para-hydroxylation sites is 1. The van der Waals surface area contributed by atoms with Gasteiger partial charge in [0.05, 0.1) is 11.6 Å². The van der Waals surface area contributed by atoms with Crippen LogP contribution >= 0.6 is 0 Å². The first-order valence-corrected chi connectivity index (χ1v) is 6.08. The molecule has 0 fully saturated rings.